The van der Waals surface area contributed by atoms with Crippen LogP contribution >= 0.6 is 0 Å². The van der Waals surface area contributed by atoms with Crippen LogP contribution < -0.4 is 0 Å². The molecule has 1 aliphatic rings. The Hall–Kier alpha value is -0.960. The van der Waals surface area contributed by atoms with Gasteiger partial charge in [0.2, 0.25) is 0 Å². The molecule has 1 aliphatic carbocycles. The molecular formula is C13H16F2O. The average Bonchev–Trinajstić information content (AvgIpc) is 2.99. The summed E-state index contributed by atoms with van der Waals surface area (Å²) in [6, 6.07) is 3.38. The quantitative estimate of drug-likeness (QED) is 0.832. The summed E-state index contributed by atoms with van der Waals surface area (Å²) >= 11 is 0. The Balaban J connectivity index is 2.24. The maximum atomic E-state index is 13.5. The van der Waals surface area contributed by atoms with Gasteiger partial charge in [0.25, 0.3) is 0 Å². The van der Waals surface area contributed by atoms with Crippen LogP contribution in [0.25, 0.3) is 0 Å². The van der Waals surface area contributed by atoms with E-state index in [2.05, 4.69) is 0 Å². The largest absolute Gasteiger partial charge is 0.388 e. The van der Waals surface area contributed by atoms with Crippen LogP contribution in [-0.4, -0.2) is 5.11 Å². The molecular weight excluding hydrogens is 210 g/mol. The Morgan fingerprint density at radius 1 is 1.38 bits per heavy atom. The molecule has 1 atom stereocenters. The summed E-state index contributed by atoms with van der Waals surface area (Å²) in [4.78, 5) is 0. The lowest BCUT2D eigenvalue weighted by Crippen LogP contribution is -2.15. The van der Waals surface area contributed by atoms with Gasteiger partial charge in [0.15, 0.2) is 0 Å². The Bertz CT molecular complexity index is 386. The molecule has 1 N–H and O–H groups in total. The molecule has 0 saturated heterocycles. The molecule has 1 aromatic rings. The van der Waals surface area contributed by atoms with Crippen molar-refractivity contribution in [3.8, 4) is 0 Å². The van der Waals surface area contributed by atoms with E-state index >= 15 is 0 Å². The number of benzene rings is 1. The molecule has 0 spiro atoms. The predicted molar refractivity (Wildman–Crippen MR) is 57.9 cm³/mol. The molecule has 1 fully saturated rings. The lowest BCUT2D eigenvalue weighted by Gasteiger charge is -2.22. The monoisotopic (exact) mass is 226 g/mol. The zero-order valence-corrected chi connectivity index (χ0v) is 9.34. The molecule has 0 aliphatic heterocycles. The van der Waals surface area contributed by atoms with Crippen molar-refractivity contribution in [1.29, 1.82) is 0 Å². The smallest absolute Gasteiger partial charge is 0.131 e. The lowest BCUT2D eigenvalue weighted by atomic mass is 9.88. The highest BCUT2D eigenvalue weighted by Gasteiger charge is 2.49. The van der Waals surface area contributed by atoms with E-state index in [0.717, 1.165) is 31.7 Å². The summed E-state index contributed by atoms with van der Waals surface area (Å²) in [6.07, 6.45) is 2.93. The van der Waals surface area contributed by atoms with Crippen LogP contribution in [0.15, 0.2) is 18.2 Å². The van der Waals surface area contributed by atoms with E-state index < -0.39 is 17.7 Å². The number of aliphatic hydroxyl groups is 1. The van der Waals surface area contributed by atoms with Crippen molar-refractivity contribution in [3.05, 3.63) is 35.4 Å². The van der Waals surface area contributed by atoms with Crippen LogP contribution in [0, 0.1) is 17.0 Å². The van der Waals surface area contributed by atoms with Gasteiger partial charge < -0.3 is 5.11 Å². The van der Waals surface area contributed by atoms with E-state index in [1.54, 1.807) is 0 Å². The Morgan fingerprint density at radius 2 is 2.06 bits per heavy atom. The molecule has 1 saturated carbocycles. The summed E-state index contributed by atoms with van der Waals surface area (Å²) < 4.78 is 26.2. The van der Waals surface area contributed by atoms with Crippen LogP contribution in [0.2, 0.25) is 0 Å². The van der Waals surface area contributed by atoms with E-state index in [0.29, 0.717) is 0 Å². The van der Waals surface area contributed by atoms with E-state index in [4.69, 9.17) is 0 Å². The minimum absolute atomic E-state index is 0.159. The summed E-state index contributed by atoms with van der Waals surface area (Å²) in [5.74, 6) is -1.25. The first-order chi connectivity index (χ1) is 7.59. The maximum Gasteiger partial charge on any atom is 0.131 e. The highest BCUT2D eigenvalue weighted by atomic mass is 19.1. The van der Waals surface area contributed by atoms with Gasteiger partial charge in [-0.2, -0.15) is 0 Å². The first kappa shape index (κ1) is 11.5. The molecule has 0 radical (unpaired) electrons. The first-order valence-corrected chi connectivity index (χ1v) is 5.72. The highest BCUT2D eigenvalue weighted by molar-refractivity contribution is 5.24. The SMILES string of the molecule is CCCC1(C(O)c2ccc(F)cc2F)CC1. The third-order valence-electron chi connectivity index (χ3n) is 3.48. The van der Waals surface area contributed by atoms with Gasteiger partial charge in [0.05, 0.1) is 6.10 Å². The third kappa shape index (κ3) is 1.96. The normalized spacial score (nSPS) is 19.5. The first-order valence-electron chi connectivity index (χ1n) is 5.72. The van der Waals surface area contributed by atoms with Gasteiger partial charge in [-0.15, -0.1) is 0 Å². The van der Waals surface area contributed by atoms with Crippen molar-refractivity contribution in [3.63, 3.8) is 0 Å². The van der Waals surface area contributed by atoms with Gasteiger partial charge >= 0.3 is 0 Å². The highest BCUT2D eigenvalue weighted by Crippen LogP contribution is 2.58. The van der Waals surface area contributed by atoms with Crippen LogP contribution in [0.5, 0.6) is 0 Å². The third-order valence-corrected chi connectivity index (χ3v) is 3.48. The molecule has 3 heteroatoms. The molecule has 2 rings (SSSR count). The molecule has 1 aromatic carbocycles. The van der Waals surface area contributed by atoms with Gasteiger partial charge in [0.1, 0.15) is 11.6 Å². The maximum absolute atomic E-state index is 13.5. The van der Waals surface area contributed by atoms with Crippen molar-refractivity contribution in [1.82, 2.24) is 0 Å². The van der Waals surface area contributed by atoms with Crippen molar-refractivity contribution < 1.29 is 13.9 Å². The molecule has 1 nitrogen and oxygen atoms in total. The second-order valence-corrected chi connectivity index (χ2v) is 4.68. The fourth-order valence-electron chi connectivity index (χ4n) is 2.37. The van der Waals surface area contributed by atoms with Crippen molar-refractivity contribution in [2.45, 2.75) is 38.7 Å². The van der Waals surface area contributed by atoms with Crippen LogP contribution in [0.4, 0.5) is 8.78 Å². The van der Waals surface area contributed by atoms with E-state index in [1.165, 1.54) is 12.1 Å². The van der Waals surface area contributed by atoms with Crippen LogP contribution in [-0.2, 0) is 0 Å². The zero-order chi connectivity index (χ0) is 11.8. The van der Waals surface area contributed by atoms with Gasteiger partial charge in [-0.3, -0.25) is 0 Å². The molecule has 88 valence electrons. The van der Waals surface area contributed by atoms with Crippen molar-refractivity contribution in [2.75, 3.05) is 0 Å². The Labute approximate surface area is 94.1 Å². The lowest BCUT2D eigenvalue weighted by molar-refractivity contribution is 0.0830. The van der Waals surface area contributed by atoms with Crippen molar-refractivity contribution in [2.24, 2.45) is 5.41 Å². The van der Waals surface area contributed by atoms with E-state index in [1.807, 2.05) is 6.92 Å². The molecule has 0 aromatic heterocycles. The molecule has 0 amide bonds. The number of hydrogen-bond acceptors (Lipinski definition) is 1. The number of rotatable bonds is 4. The topological polar surface area (TPSA) is 20.2 Å². The second-order valence-electron chi connectivity index (χ2n) is 4.68. The summed E-state index contributed by atoms with van der Waals surface area (Å²) in [6.45, 7) is 2.05. The molecule has 0 heterocycles. The van der Waals surface area contributed by atoms with Crippen LogP contribution in [0.3, 0.4) is 0 Å². The molecule has 1 unspecified atom stereocenters. The van der Waals surface area contributed by atoms with Gasteiger partial charge in [0, 0.05) is 17.0 Å². The zero-order valence-electron chi connectivity index (χ0n) is 9.34. The summed E-state index contributed by atoms with van der Waals surface area (Å²) in [5.41, 5.74) is 0.0697. The summed E-state index contributed by atoms with van der Waals surface area (Å²) in [5, 5.41) is 10.2. The van der Waals surface area contributed by atoms with Crippen LogP contribution in [0.1, 0.15) is 44.3 Å². The Kier molecular flexibility index (Phi) is 2.98. The van der Waals surface area contributed by atoms with E-state index in [9.17, 15) is 13.9 Å². The molecule has 16 heavy (non-hydrogen) atoms. The molecule has 0 bridgehead atoms. The van der Waals surface area contributed by atoms with Gasteiger partial charge in [-0.05, 0) is 25.3 Å². The average molecular weight is 226 g/mol. The fraction of sp³-hybridized carbons (Fsp3) is 0.538. The predicted octanol–water partition coefficient (Wildman–Crippen LogP) is 3.58. The van der Waals surface area contributed by atoms with Crippen molar-refractivity contribution >= 4 is 0 Å². The number of aliphatic hydroxyl groups excluding tert-OH is 1. The number of halogens is 2. The Morgan fingerprint density at radius 3 is 2.56 bits per heavy atom. The number of hydrogen-bond donors (Lipinski definition) is 1. The standard InChI is InChI=1S/C13H16F2O/c1-2-5-13(6-7-13)12(16)10-4-3-9(14)8-11(10)15/h3-4,8,12,16H,2,5-7H2,1H3. The minimum Gasteiger partial charge on any atom is -0.388 e. The summed E-state index contributed by atoms with van der Waals surface area (Å²) in [7, 11) is 0. The van der Waals surface area contributed by atoms with Gasteiger partial charge in [-0.25, -0.2) is 8.78 Å². The minimum atomic E-state index is -0.798. The van der Waals surface area contributed by atoms with E-state index in [-0.39, 0.29) is 11.0 Å². The second kappa shape index (κ2) is 4.13. The fourth-order valence-corrected chi connectivity index (χ4v) is 2.37. The van der Waals surface area contributed by atoms with Gasteiger partial charge in [-0.1, -0.05) is 19.4 Å².